The molecule has 0 radical (unpaired) electrons. The molecule has 0 amide bonds. The lowest BCUT2D eigenvalue weighted by atomic mass is 10.2. The van der Waals surface area contributed by atoms with Crippen molar-refractivity contribution in [3.63, 3.8) is 0 Å². The molecule has 0 saturated heterocycles. The van der Waals surface area contributed by atoms with Gasteiger partial charge in [0.15, 0.2) is 28.1 Å². The van der Waals surface area contributed by atoms with Crippen LogP contribution in [-0.4, -0.2) is 33.8 Å². The summed E-state index contributed by atoms with van der Waals surface area (Å²) >= 11 is 5.98. The van der Waals surface area contributed by atoms with Gasteiger partial charge in [-0.1, -0.05) is 11.6 Å². The fraction of sp³-hybridized carbons (Fsp3) is 0.154. The zero-order valence-corrected chi connectivity index (χ0v) is 11.6. The summed E-state index contributed by atoms with van der Waals surface area (Å²) in [6.45, 7) is 0. The van der Waals surface area contributed by atoms with Crippen LogP contribution in [0.15, 0.2) is 30.6 Å². The van der Waals surface area contributed by atoms with Crippen molar-refractivity contribution >= 4 is 17.2 Å². The van der Waals surface area contributed by atoms with Gasteiger partial charge < -0.3 is 9.47 Å². The molecule has 0 N–H and O–H groups in total. The summed E-state index contributed by atoms with van der Waals surface area (Å²) in [5, 5.41) is 8.50. The molecule has 102 valence electrons. The Morgan fingerprint density at radius 1 is 1.10 bits per heavy atom. The van der Waals surface area contributed by atoms with E-state index in [0.29, 0.717) is 28.1 Å². The third-order valence-electron chi connectivity index (χ3n) is 2.93. The maximum absolute atomic E-state index is 5.98. The Morgan fingerprint density at radius 3 is 2.65 bits per heavy atom. The van der Waals surface area contributed by atoms with Crippen LogP contribution >= 0.6 is 11.6 Å². The summed E-state index contributed by atoms with van der Waals surface area (Å²) in [6.07, 6.45) is 3.36. The molecular formula is C13H11ClN4O2. The van der Waals surface area contributed by atoms with Crippen molar-refractivity contribution in [1.82, 2.24) is 19.6 Å². The van der Waals surface area contributed by atoms with Crippen LogP contribution in [0, 0.1) is 0 Å². The predicted octanol–water partition coefficient (Wildman–Crippen LogP) is 2.46. The van der Waals surface area contributed by atoms with E-state index in [1.54, 1.807) is 31.0 Å². The second-order valence-electron chi connectivity index (χ2n) is 4.01. The lowest BCUT2D eigenvalue weighted by Gasteiger charge is -2.08. The fourth-order valence-electron chi connectivity index (χ4n) is 1.97. The van der Waals surface area contributed by atoms with Gasteiger partial charge in [0, 0.05) is 18.0 Å². The molecule has 0 fully saturated rings. The molecule has 7 heteroatoms. The third-order valence-corrected chi connectivity index (χ3v) is 3.19. The SMILES string of the molecule is COc1ccc(-c2nnc3c(Cl)nccn23)cc1OC. The Balaban J connectivity index is 2.18. The Hall–Kier alpha value is -2.34. The molecule has 6 nitrogen and oxygen atoms in total. The largest absolute Gasteiger partial charge is 0.493 e. The Kier molecular flexibility index (Phi) is 3.15. The molecule has 1 aromatic carbocycles. The standard InChI is InChI=1S/C13H11ClN4O2/c1-19-9-4-3-8(7-10(9)20-2)12-16-17-13-11(14)15-5-6-18(12)13/h3-7H,1-2H3. The lowest BCUT2D eigenvalue weighted by Crippen LogP contribution is -1.94. The van der Waals surface area contributed by atoms with E-state index in [4.69, 9.17) is 21.1 Å². The minimum absolute atomic E-state index is 0.312. The van der Waals surface area contributed by atoms with Gasteiger partial charge >= 0.3 is 0 Å². The molecule has 0 saturated carbocycles. The highest BCUT2D eigenvalue weighted by molar-refractivity contribution is 6.32. The smallest absolute Gasteiger partial charge is 0.198 e. The summed E-state index contributed by atoms with van der Waals surface area (Å²) in [7, 11) is 3.18. The first kappa shape index (κ1) is 12.7. The molecule has 0 unspecified atom stereocenters. The maximum atomic E-state index is 5.98. The maximum Gasteiger partial charge on any atom is 0.198 e. The van der Waals surface area contributed by atoms with Gasteiger partial charge in [0.1, 0.15) is 0 Å². The average molecular weight is 291 g/mol. The Bertz CT molecular complexity index is 772. The minimum Gasteiger partial charge on any atom is -0.493 e. The zero-order valence-electron chi connectivity index (χ0n) is 10.9. The number of benzene rings is 1. The molecule has 0 aliphatic carbocycles. The number of halogens is 1. The van der Waals surface area contributed by atoms with Gasteiger partial charge in [-0.3, -0.25) is 4.40 Å². The van der Waals surface area contributed by atoms with E-state index in [-0.39, 0.29) is 0 Å². The van der Waals surface area contributed by atoms with Crippen molar-refractivity contribution in [3.05, 3.63) is 35.7 Å². The molecule has 2 aromatic heterocycles. The number of fused-ring (bicyclic) bond motifs is 1. The highest BCUT2D eigenvalue weighted by Gasteiger charge is 2.13. The number of ether oxygens (including phenoxy) is 2. The molecule has 3 aromatic rings. The van der Waals surface area contributed by atoms with Crippen molar-refractivity contribution in [2.75, 3.05) is 14.2 Å². The van der Waals surface area contributed by atoms with Crippen molar-refractivity contribution < 1.29 is 9.47 Å². The van der Waals surface area contributed by atoms with Crippen LogP contribution in [-0.2, 0) is 0 Å². The van der Waals surface area contributed by atoms with Crippen LogP contribution in [0.3, 0.4) is 0 Å². The van der Waals surface area contributed by atoms with Crippen LogP contribution < -0.4 is 9.47 Å². The van der Waals surface area contributed by atoms with Crippen LogP contribution in [0.2, 0.25) is 5.15 Å². The van der Waals surface area contributed by atoms with Gasteiger partial charge in [-0.05, 0) is 18.2 Å². The highest BCUT2D eigenvalue weighted by atomic mass is 35.5. The molecule has 0 spiro atoms. The van der Waals surface area contributed by atoms with Gasteiger partial charge in [-0.15, -0.1) is 10.2 Å². The van der Waals surface area contributed by atoms with E-state index in [2.05, 4.69) is 15.2 Å². The molecule has 2 heterocycles. The van der Waals surface area contributed by atoms with Crippen LogP contribution in [0.5, 0.6) is 11.5 Å². The summed E-state index contributed by atoms with van der Waals surface area (Å²) in [4.78, 5) is 3.97. The van der Waals surface area contributed by atoms with Crippen LogP contribution in [0.25, 0.3) is 17.0 Å². The number of aromatic nitrogens is 4. The summed E-state index contributed by atoms with van der Waals surface area (Å²) < 4.78 is 12.3. The van der Waals surface area contributed by atoms with Gasteiger partial charge in [-0.2, -0.15) is 0 Å². The van der Waals surface area contributed by atoms with Gasteiger partial charge in [-0.25, -0.2) is 4.98 Å². The van der Waals surface area contributed by atoms with Gasteiger partial charge in [0.05, 0.1) is 14.2 Å². The number of rotatable bonds is 3. The fourth-order valence-corrected chi connectivity index (χ4v) is 2.15. The van der Waals surface area contributed by atoms with Gasteiger partial charge in [0.2, 0.25) is 0 Å². The van der Waals surface area contributed by atoms with E-state index < -0.39 is 0 Å². The molecule has 0 atom stereocenters. The first-order valence-electron chi connectivity index (χ1n) is 5.82. The van der Waals surface area contributed by atoms with Crippen LogP contribution in [0.4, 0.5) is 0 Å². The van der Waals surface area contributed by atoms with E-state index in [0.717, 1.165) is 5.56 Å². The molecule has 0 aliphatic rings. The Morgan fingerprint density at radius 2 is 1.90 bits per heavy atom. The topological polar surface area (TPSA) is 61.5 Å². The molecule has 0 aliphatic heterocycles. The van der Waals surface area contributed by atoms with Crippen LogP contribution in [0.1, 0.15) is 0 Å². The second kappa shape index (κ2) is 4.97. The van der Waals surface area contributed by atoms with Crippen molar-refractivity contribution in [2.45, 2.75) is 0 Å². The number of nitrogens with zero attached hydrogens (tertiary/aromatic N) is 4. The Labute approximate surface area is 119 Å². The van der Waals surface area contributed by atoms with Crippen molar-refractivity contribution in [1.29, 1.82) is 0 Å². The summed E-state index contributed by atoms with van der Waals surface area (Å²) in [5.74, 6) is 1.94. The first-order chi connectivity index (χ1) is 9.74. The number of hydrogen-bond donors (Lipinski definition) is 0. The van der Waals surface area contributed by atoms with E-state index in [1.807, 2.05) is 18.2 Å². The van der Waals surface area contributed by atoms with Gasteiger partial charge in [0.25, 0.3) is 0 Å². The molecular weight excluding hydrogens is 280 g/mol. The van der Waals surface area contributed by atoms with E-state index in [1.165, 1.54) is 0 Å². The van der Waals surface area contributed by atoms with E-state index >= 15 is 0 Å². The van der Waals surface area contributed by atoms with Crippen molar-refractivity contribution in [2.24, 2.45) is 0 Å². The molecule has 3 rings (SSSR count). The normalized spacial score (nSPS) is 10.8. The average Bonchev–Trinajstić information content (AvgIpc) is 2.92. The second-order valence-corrected chi connectivity index (χ2v) is 4.36. The third kappa shape index (κ3) is 1.94. The molecule has 20 heavy (non-hydrogen) atoms. The number of hydrogen-bond acceptors (Lipinski definition) is 5. The number of methoxy groups -OCH3 is 2. The van der Waals surface area contributed by atoms with E-state index in [9.17, 15) is 0 Å². The quantitative estimate of drug-likeness (QED) is 0.741. The van der Waals surface area contributed by atoms with Crippen molar-refractivity contribution in [3.8, 4) is 22.9 Å². The predicted molar refractivity (Wildman–Crippen MR) is 74.3 cm³/mol. The summed E-state index contributed by atoms with van der Waals surface area (Å²) in [6, 6.07) is 5.54. The zero-order chi connectivity index (χ0) is 14.1. The first-order valence-corrected chi connectivity index (χ1v) is 6.20. The lowest BCUT2D eigenvalue weighted by molar-refractivity contribution is 0.355. The monoisotopic (exact) mass is 290 g/mol. The summed E-state index contributed by atoms with van der Waals surface area (Å²) in [5.41, 5.74) is 1.36. The minimum atomic E-state index is 0.312. The molecule has 0 bridgehead atoms. The highest BCUT2D eigenvalue weighted by Crippen LogP contribution is 2.32.